The van der Waals surface area contributed by atoms with Crippen LogP contribution in [0.5, 0.6) is 5.75 Å². The molecule has 0 fully saturated rings. The molecule has 2 aliphatic heterocycles. The van der Waals surface area contributed by atoms with Crippen molar-refractivity contribution in [1.29, 1.82) is 0 Å². The molecule has 0 radical (unpaired) electrons. The van der Waals surface area contributed by atoms with E-state index in [2.05, 4.69) is 36.2 Å². The number of benzene rings is 2. The van der Waals surface area contributed by atoms with Gasteiger partial charge in [0.1, 0.15) is 12.4 Å². The number of amides is 1. The first-order chi connectivity index (χ1) is 13.2. The van der Waals surface area contributed by atoms with Gasteiger partial charge in [-0.2, -0.15) is 0 Å². The number of hydrogen-bond donors (Lipinski definition) is 0. The van der Waals surface area contributed by atoms with Gasteiger partial charge >= 0.3 is 0 Å². The molecular formula is C22H20N2O2S. The highest BCUT2D eigenvalue weighted by molar-refractivity contribution is 7.17. The summed E-state index contributed by atoms with van der Waals surface area (Å²) in [4.78, 5) is 19.4. The van der Waals surface area contributed by atoms with Crippen LogP contribution in [0.4, 0.5) is 5.69 Å². The maximum atomic E-state index is 13.3. The Balaban J connectivity index is 1.47. The fourth-order valence-electron chi connectivity index (χ4n) is 3.83. The lowest BCUT2D eigenvalue weighted by molar-refractivity contribution is 0.0756. The summed E-state index contributed by atoms with van der Waals surface area (Å²) in [5.41, 5.74) is 4.60. The number of fused-ring (bicyclic) bond motifs is 4. The molecule has 5 rings (SSSR count). The molecule has 3 aromatic rings. The Morgan fingerprint density at radius 3 is 2.78 bits per heavy atom. The van der Waals surface area contributed by atoms with Crippen molar-refractivity contribution in [2.45, 2.75) is 13.2 Å². The van der Waals surface area contributed by atoms with E-state index in [-0.39, 0.29) is 5.91 Å². The van der Waals surface area contributed by atoms with E-state index in [0.717, 1.165) is 39.7 Å². The topological polar surface area (TPSA) is 32.8 Å². The van der Waals surface area contributed by atoms with E-state index in [1.165, 1.54) is 11.3 Å². The van der Waals surface area contributed by atoms with Crippen LogP contribution in [-0.4, -0.2) is 30.9 Å². The second-order valence-corrected chi connectivity index (χ2v) is 8.08. The van der Waals surface area contributed by atoms with Crippen LogP contribution in [0.2, 0.25) is 0 Å². The van der Waals surface area contributed by atoms with Gasteiger partial charge in [0, 0.05) is 48.4 Å². The van der Waals surface area contributed by atoms with E-state index in [4.69, 9.17) is 4.74 Å². The van der Waals surface area contributed by atoms with Crippen LogP contribution in [0, 0.1) is 0 Å². The van der Waals surface area contributed by atoms with Gasteiger partial charge in [0.25, 0.3) is 5.91 Å². The van der Waals surface area contributed by atoms with Gasteiger partial charge in [-0.3, -0.25) is 4.79 Å². The zero-order chi connectivity index (χ0) is 18.4. The molecule has 0 aliphatic carbocycles. The van der Waals surface area contributed by atoms with Gasteiger partial charge in [-0.15, -0.1) is 11.3 Å². The molecule has 3 heterocycles. The molecule has 2 aromatic carbocycles. The number of para-hydroxylation sites is 2. The lowest BCUT2D eigenvalue weighted by Crippen LogP contribution is -2.33. The molecular weight excluding hydrogens is 356 g/mol. The Morgan fingerprint density at radius 2 is 1.85 bits per heavy atom. The van der Waals surface area contributed by atoms with Crippen molar-refractivity contribution >= 4 is 22.9 Å². The van der Waals surface area contributed by atoms with Crippen LogP contribution in [0.3, 0.4) is 0 Å². The van der Waals surface area contributed by atoms with Crippen molar-refractivity contribution < 1.29 is 9.53 Å². The van der Waals surface area contributed by atoms with E-state index in [9.17, 15) is 4.79 Å². The maximum Gasteiger partial charge on any atom is 0.264 e. The molecule has 136 valence electrons. The molecule has 0 saturated heterocycles. The van der Waals surface area contributed by atoms with Crippen molar-refractivity contribution in [3.63, 3.8) is 0 Å². The second kappa shape index (κ2) is 6.43. The summed E-state index contributed by atoms with van der Waals surface area (Å²) >= 11 is 1.58. The average molecular weight is 376 g/mol. The number of nitrogens with zero attached hydrogens (tertiary/aromatic N) is 2. The highest BCUT2D eigenvalue weighted by atomic mass is 32.1. The van der Waals surface area contributed by atoms with Crippen LogP contribution in [0.1, 0.15) is 20.8 Å². The Morgan fingerprint density at radius 1 is 1.04 bits per heavy atom. The summed E-state index contributed by atoms with van der Waals surface area (Å²) in [5.74, 6) is 1.01. The lowest BCUT2D eigenvalue weighted by atomic mass is 10.1. The number of ether oxygens (including phenoxy) is 1. The highest BCUT2D eigenvalue weighted by Crippen LogP contribution is 2.42. The second-order valence-electron chi connectivity index (χ2n) is 7.03. The maximum absolute atomic E-state index is 13.3. The number of anilines is 1. The van der Waals surface area contributed by atoms with Gasteiger partial charge < -0.3 is 14.5 Å². The van der Waals surface area contributed by atoms with Crippen LogP contribution in [0.25, 0.3) is 10.4 Å². The standard InChI is InChI=1S/C22H20N2O2S/c1-23-10-11-24(13-15-6-2-4-8-18(15)23)22(25)20-12-16-14-26-19-9-5-3-7-17(19)21(16)27-20/h2-9,12H,10-11,13-14H2,1H3. The van der Waals surface area contributed by atoms with Crippen molar-refractivity contribution in [3.8, 4) is 16.2 Å². The van der Waals surface area contributed by atoms with E-state index < -0.39 is 0 Å². The third-order valence-corrected chi connectivity index (χ3v) is 6.49. The summed E-state index contributed by atoms with van der Waals surface area (Å²) in [6.45, 7) is 2.73. The van der Waals surface area contributed by atoms with Crippen molar-refractivity contribution in [2.75, 3.05) is 25.0 Å². The predicted molar refractivity (Wildman–Crippen MR) is 109 cm³/mol. The first kappa shape index (κ1) is 16.4. The van der Waals surface area contributed by atoms with Crippen LogP contribution >= 0.6 is 11.3 Å². The molecule has 0 N–H and O–H groups in total. The fraction of sp³-hybridized carbons (Fsp3) is 0.227. The molecule has 0 atom stereocenters. The van der Waals surface area contributed by atoms with Gasteiger partial charge in [0.2, 0.25) is 0 Å². The third-order valence-electron chi connectivity index (χ3n) is 5.29. The highest BCUT2D eigenvalue weighted by Gasteiger charge is 2.27. The molecule has 5 heteroatoms. The summed E-state index contributed by atoms with van der Waals surface area (Å²) in [6, 6.07) is 18.4. The van der Waals surface area contributed by atoms with Crippen LogP contribution < -0.4 is 9.64 Å². The molecule has 4 nitrogen and oxygen atoms in total. The number of hydrogen-bond acceptors (Lipinski definition) is 4. The minimum Gasteiger partial charge on any atom is -0.488 e. The van der Waals surface area contributed by atoms with Gasteiger partial charge in [0.15, 0.2) is 0 Å². The van der Waals surface area contributed by atoms with E-state index in [1.807, 2.05) is 35.2 Å². The molecule has 2 aliphatic rings. The molecule has 0 unspecified atom stereocenters. The lowest BCUT2D eigenvalue weighted by Gasteiger charge is -2.20. The minimum absolute atomic E-state index is 0.108. The Hall–Kier alpha value is -2.79. The van der Waals surface area contributed by atoms with E-state index >= 15 is 0 Å². The SMILES string of the molecule is CN1CCN(C(=O)c2cc3c(s2)-c2ccccc2OC3)Cc2ccccc21. The third kappa shape index (κ3) is 2.79. The summed E-state index contributed by atoms with van der Waals surface area (Å²) in [5, 5.41) is 0. The normalized spacial score (nSPS) is 15.3. The van der Waals surface area contributed by atoms with E-state index in [1.54, 1.807) is 11.3 Å². The van der Waals surface area contributed by atoms with Crippen molar-refractivity contribution in [1.82, 2.24) is 4.90 Å². The number of thiophene rings is 1. The fourth-order valence-corrected chi connectivity index (χ4v) is 4.99. The molecule has 1 amide bonds. The minimum atomic E-state index is 0.108. The summed E-state index contributed by atoms with van der Waals surface area (Å²) in [6.07, 6.45) is 0. The van der Waals surface area contributed by atoms with Crippen molar-refractivity contribution in [2.24, 2.45) is 0 Å². The number of carbonyl (C=O) groups excluding carboxylic acids is 1. The summed E-state index contributed by atoms with van der Waals surface area (Å²) < 4.78 is 5.84. The average Bonchev–Trinajstić information content (AvgIpc) is 3.08. The number of likely N-dealkylation sites (N-methyl/N-ethyl adjacent to an activating group) is 1. The quantitative estimate of drug-likeness (QED) is 0.631. The zero-order valence-corrected chi connectivity index (χ0v) is 16.0. The monoisotopic (exact) mass is 376 g/mol. The number of carbonyl (C=O) groups is 1. The van der Waals surface area contributed by atoms with Crippen molar-refractivity contribution in [3.05, 3.63) is 70.6 Å². The van der Waals surface area contributed by atoms with Crippen LogP contribution in [0.15, 0.2) is 54.6 Å². The zero-order valence-electron chi connectivity index (χ0n) is 15.1. The number of rotatable bonds is 1. The van der Waals surface area contributed by atoms with Crippen LogP contribution in [-0.2, 0) is 13.2 Å². The van der Waals surface area contributed by atoms with Gasteiger partial charge in [-0.1, -0.05) is 30.3 Å². The summed E-state index contributed by atoms with van der Waals surface area (Å²) in [7, 11) is 2.09. The van der Waals surface area contributed by atoms with Gasteiger partial charge in [-0.25, -0.2) is 0 Å². The largest absolute Gasteiger partial charge is 0.488 e. The molecule has 0 saturated carbocycles. The first-order valence-electron chi connectivity index (χ1n) is 9.14. The predicted octanol–water partition coefficient (Wildman–Crippen LogP) is 4.40. The Labute approximate surface area is 162 Å². The first-order valence-corrected chi connectivity index (χ1v) is 9.95. The smallest absolute Gasteiger partial charge is 0.264 e. The Kier molecular flexibility index (Phi) is 3.90. The van der Waals surface area contributed by atoms with Gasteiger partial charge in [-0.05, 0) is 29.8 Å². The molecule has 0 bridgehead atoms. The van der Waals surface area contributed by atoms with E-state index in [0.29, 0.717) is 13.2 Å². The van der Waals surface area contributed by atoms with Gasteiger partial charge in [0.05, 0.1) is 4.88 Å². The molecule has 0 spiro atoms. The Bertz CT molecular complexity index is 1030. The molecule has 27 heavy (non-hydrogen) atoms. The molecule has 1 aromatic heterocycles.